The van der Waals surface area contributed by atoms with E-state index in [2.05, 4.69) is 0 Å². The Morgan fingerprint density at radius 1 is 0.722 bits per heavy atom. The van der Waals surface area contributed by atoms with Gasteiger partial charge in [0.1, 0.15) is 0 Å². The molecule has 0 aliphatic rings. The van der Waals surface area contributed by atoms with Gasteiger partial charge in [-0.05, 0) is 34.6 Å². The van der Waals surface area contributed by atoms with E-state index in [9.17, 15) is 5.11 Å². The van der Waals surface area contributed by atoms with Crippen LogP contribution in [0.4, 0.5) is 0 Å². The summed E-state index contributed by atoms with van der Waals surface area (Å²) in [7, 11) is 0. The van der Waals surface area contributed by atoms with Crippen molar-refractivity contribution in [3.63, 3.8) is 0 Å². The Labute approximate surface area is 108 Å². The van der Waals surface area contributed by atoms with Crippen LogP contribution in [0.2, 0.25) is 0 Å². The Hall–Kier alpha value is -1.58. The van der Waals surface area contributed by atoms with Crippen LogP contribution in [0, 0.1) is 13.8 Å². The molecule has 18 heavy (non-hydrogen) atoms. The van der Waals surface area contributed by atoms with Crippen molar-refractivity contribution in [3.8, 4) is 23.0 Å². The lowest BCUT2D eigenvalue weighted by atomic mass is 10.1. The lowest BCUT2D eigenvalue weighted by molar-refractivity contribution is 0.251. The molecule has 0 saturated carbocycles. The van der Waals surface area contributed by atoms with Gasteiger partial charge in [0.2, 0.25) is 11.5 Å². The van der Waals surface area contributed by atoms with Gasteiger partial charge in [0.15, 0.2) is 11.5 Å². The van der Waals surface area contributed by atoms with Crippen LogP contribution in [-0.4, -0.2) is 24.9 Å². The normalized spacial score (nSPS) is 10.3. The Morgan fingerprint density at radius 3 is 1.67 bits per heavy atom. The SMILES string of the molecule is CCOc1c(C)c(C)c(O)c(OCC)c1OCC. The largest absolute Gasteiger partial charge is 0.504 e. The second kappa shape index (κ2) is 6.38. The molecule has 0 aliphatic heterocycles. The number of benzene rings is 1. The summed E-state index contributed by atoms with van der Waals surface area (Å²) < 4.78 is 16.7. The fourth-order valence-electron chi connectivity index (χ4n) is 1.77. The average Bonchev–Trinajstić information content (AvgIpc) is 2.36. The minimum Gasteiger partial charge on any atom is -0.504 e. The lowest BCUT2D eigenvalue weighted by Gasteiger charge is -2.20. The molecule has 0 heterocycles. The first-order valence-electron chi connectivity index (χ1n) is 6.32. The minimum absolute atomic E-state index is 0.126. The predicted octanol–water partition coefficient (Wildman–Crippen LogP) is 3.21. The first kappa shape index (κ1) is 14.5. The molecule has 0 bridgehead atoms. The van der Waals surface area contributed by atoms with Gasteiger partial charge < -0.3 is 19.3 Å². The molecule has 0 aliphatic carbocycles. The smallest absolute Gasteiger partial charge is 0.207 e. The Balaban J connectivity index is 3.46. The third-order valence-corrected chi connectivity index (χ3v) is 2.75. The predicted molar refractivity (Wildman–Crippen MR) is 71.1 cm³/mol. The molecule has 0 saturated heterocycles. The van der Waals surface area contributed by atoms with Crippen LogP contribution in [0.25, 0.3) is 0 Å². The third-order valence-electron chi connectivity index (χ3n) is 2.75. The van der Waals surface area contributed by atoms with E-state index in [-0.39, 0.29) is 5.75 Å². The standard InChI is InChI=1S/C14H22O4/c1-6-16-12-10(5)9(4)11(15)13(17-7-2)14(12)18-8-3/h15H,6-8H2,1-5H3. The second-order valence-electron chi connectivity index (χ2n) is 3.89. The maximum absolute atomic E-state index is 10.1. The van der Waals surface area contributed by atoms with Crippen LogP contribution in [-0.2, 0) is 0 Å². The van der Waals surface area contributed by atoms with Crippen LogP contribution in [0.15, 0.2) is 0 Å². The zero-order chi connectivity index (χ0) is 13.7. The molecule has 0 spiro atoms. The summed E-state index contributed by atoms with van der Waals surface area (Å²) in [6.45, 7) is 10.9. The van der Waals surface area contributed by atoms with E-state index in [0.29, 0.717) is 37.1 Å². The molecule has 1 rings (SSSR count). The average molecular weight is 254 g/mol. The summed E-state index contributed by atoms with van der Waals surface area (Å²) in [5.41, 5.74) is 1.63. The number of hydrogen-bond donors (Lipinski definition) is 1. The second-order valence-corrected chi connectivity index (χ2v) is 3.89. The van der Waals surface area contributed by atoms with Gasteiger partial charge in [0, 0.05) is 11.1 Å². The molecule has 0 radical (unpaired) electrons. The van der Waals surface area contributed by atoms with Crippen LogP contribution in [0.5, 0.6) is 23.0 Å². The molecule has 4 heteroatoms. The van der Waals surface area contributed by atoms with E-state index in [1.807, 2.05) is 34.6 Å². The van der Waals surface area contributed by atoms with E-state index in [4.69, 9.17) is 14.2 Å². The van der Waals surface area contributed by atoms with Crippen LogP contribution in [0.3, 0.4) is 0 Å². The van der Waals surface area contributed by atoms with Crippen LogP contribution >= 0.6 is 0 Å². The molecular weight excluding hydrogens is 232 g/mol. The van der Waals surface area contributed by atoms with Gasteiger partial charge in [-0.15, -0.1) is 0 Å². The van der Waals surface area contributed by atoms with Crippen molar-refractivity contribution < 1.29 is 19.3 Å². The monoisotopic (exact) mass is 254 g/mol. The number of hydrogen-bond acceptors (Lipinski definition) is 4. The summed E-state index contributed by atoms with van der Waals surface area (Å²) in [6, 6.07) is 0. The summed E-state index contributed by atoms with van der Waals surface area (Å²) in [4.78, 5) is 0. The maximum atomic E-state index is 10.1. The highest BCUT2D eigenvalue weighted by Crippen LogP contribution is 2.48. The number of rotatable bonds is 6. The summed E-state index contributed by atoms with van der Waals surface area (Å²) in [5, 5.41) is 10.1. The van der Waals surface area contributed by atoms with E-state index < -0.39 is 0 Å². The summed E-state index contributed by atoms with van der Waals surface area (Å²) in [6.07, 6.45) is 0. The van der Waals surface area contributed by atoms with Gasteiger partial charge in [0.05, 0.1) is 19.8 Å². The van der Waals surface area contributed by atoms with Crippen molar-refractivity contribution in [1.29, 1.82) is 0 Å². The summed E-state index contributed by atoms with van der Waals surface area (Å²) >= 11 is 0. The molecule has 0 unspecified atom stereocenters. The van der Waals surface area contributed by atoms with Crippen molar-refractivity contribution in [2.45, 2.75) is 34.6 Å². The zero-order valence-corrected chi connectivity index (χ0v) is 11.8. The molecule has 0 aromatic heterocycles. The fourth-order valence-corrected chi connectivity index (χ4v) is 1.77. The van der Waals surface area contributed by atoms with E-state index in [0.717, 1.165) is 11.1 Å². The molecule has 102 valence electrons. The van der Waals surface area contributed by atoms with Gasteiger partial charge in [-0.3, -0.25) is 0 Å². The molecule has 0 atom stereocenters. The Bertz CT molecular complexity index is 380. The van der Waals surface area contributed by atoms with Gasteiger partial charge in [-0.2, -0.15) is 0 Å². The Kier molecular flexibility index (Phi) is 5.13. The molecule has 1 aromatic rings. The fraction of sp³-hybridized carbons (Fsp3) is 0.571. The third kappa shape index (κ3) is 2.63. The van der Waals surface area contributed by atoms with Crippen molar-refractivity contribution >= 4 is 0 Å². The van der Waals surface area contributed by atoms with Gasteiger partial charge in [-0.25, -0.2) is 0 Å². The van der Waals surface area contributed by atoms with Crippen molar-refractivity contribution in [2.24, 2.45) is 0 Å². The molecule has 1 N–H and O–H groups in total. The van der Waals surface area contributed by atoms with E-state index >= 15 is 0 Å². The quantitative estimate of drug-likeness (QED) is 0.846. The topological polar surface area (TPSA) is 47.9 Å². The Morgan fingerprint density at radius 2 is 1.17 bits per heavy atom. The number of aromatic hydroxyl groups is 1. The van der Waals surface area contributed by atoms with E-state index in [1.54, 1.807) is 0 Å². The first-order valence-corrected chi connectivity index (χ1v) is 6.32. The maximum Gasteiger partial charge on any atom is 0.207 e. The highest BCUT2D eigenvalue weighted by molar-refractivity contribution is 5.65. The first-order chi connectivity index (χ1) is 8.58. The lowest BCUT2D eigenvalue weighted by Crippen LogP contribution is -2.05. The van der Waals surface area contributed by atoms with Crippen molar-refractivity contribution in [2.75, 3.05) is 19.8 Å². The summed E-state index contributed by atoms with van der Waals surface area (Å²) in [5.74, 6) is 1.63. The molecule has 1 aromatic carbocycles. The zero-order valence-electron chi connectivity index (χ0n) is 11.8. The van der Waals surface area contributed by atoms with Crippen LogP contribution < -0.4 is 14.2 Å². The van der Waals surface area contributed by atoms with Crippen molar-refractivity contribution in [3.05, 3.63) is 11.1 Å². The highest BCUT2D eigenvalue weighted by atomic mass is 16.5. The number of ether oxygens (including phenoxy) is 3. The molecule has 0 amide bonds. The molecular formula is C14H22O4. The number of phenolic OH excluding ortho intramolecular Hbond substituents is 1. The molecule has 4 nitrogen and oxygen atoms in total. The van der Waals surface area contributed by atoms with Gasteiger partial charge >= 0.3 is 0 Å². The van der Waals surface area contributed by atoms with Gasteiger partial charge in [0.25, 0.3) is 0 Å². The highest BCUT2D eigenvalue weighted by Gasteiger charge is 2.23. The van der Waals surface area contributed by atoms with Gasteiger partial charge in [-0.1, -0.05) is 0 Å². The number of phenols is 1. The minimum atomic E-state index is 0.126. The van der Waals surface area contributed by atoms with Crippen LogP contribution in [0.1, 0.15) is 31.9 Å². The van der Waals surface area contributed by atoms with Crippen molar-refractivity contribution in [1.82, 2.24) is 0 Å². The van der Waals surface area contributed by atoms with E-state index in [1.165, 1.54) is 0 Å². The molecule has 0 fully saturated rings.